The summed E-state index contributed by atoms with van der Waals surface area (Å²) in [5, 5.41) is 13.6. The van der Waals surface area contributed by atoms with Crippen LogP contribution in [0, 0.1) is 6.92 Å². The molecule has 5 nitrogen and oxygen atoms in total. The van der Waals surface area contributed by atoms with E-state index in [4.69, 9.17) is 5.11 Å². The average Bonchev–Trinajstić information content (AvgIpc) is 3.01. The maximum atomic E-state index is 12.0. The molecule has 1 aromatic carbocycles. The summed E-state index contributed by atoms with van der Waals surface area (Å²) in [6.07, 6.45) is 2.33. The number of allylic oxidation sites excluding steroid dienone is 1. The SMILES string of the molecule is CC/C(=C/C(=O)NCc1nc(C(=O)O)cs1)c1ccc(C)cc1. The molecule has 1 amide bonds. The standard InChI is InChI=1S/C17H18N2O3S/c1-3-12(13-6-4-11(2)5-7-13)8-15(20)18-9-16-19-14(10-23-16)17(21)22/h4-8,10H,3,9H2,1-2H3,(H,18,20)(H,21,22)/b12-8-. The largest absolute Gasteiger partial charge is 0.476 e. The van der Waals surface area contributed by atoms with Gasteiger partial charge < -0.3 is 10.4 Å². The molecule has 120 valence electrons. The molecule has 2 N–H and O–H groups in total. The molecule has 0 atom stereocenters. The van der Waals surface area contributed by atoms with E-state index in [1.54, 1.807) is 6.08 Å². The fourth-order valence-corrected chi connectivity index (χ4v) is 2.73. The van der Waals surface area contributed by atoms with Gasteiger partial charge in [-0.05, 0) is 24.5 Å². The van der Waals surface area contributed by atoms with Gasteiger partial charge in [-0.15, -0.1) is 11.3 Å². The van der Waals surface area contributed by atoms with Gasteiger partial charge in [-0.2, -0.15) is 0 Å². The number of nitrogens with zero attached hydrogens (tertiary/aromatic N) is 1. The van der Waals surface area contributed by atoms with E-state index >= 15 is 0 Å². The Morgan fingerprint density at radius 2 is 2.00 bits per heavy atom. The highest BCUT2D eigenvalue weighted by atomic mass is 32.1. The second-order valence-corrected chi connectivity index (χ2v) is 5.98. The van der Waals surface area contributed by atoms with E-state index in [1.165, 1.54) is 22.3 Å². The van der Waals surface area contributed by atoms with E-state index in [0.717, 1.165) is 17.6 Å². The maximum absolute atomic E-state index is 12.0. The molecule has 0 aliphatic carbocycles. The van der Waals surface area contributed by atoms with Crippen molar-refractivity contribution in [1.82, 2.24) is 10.3 Å². The lowest BCUT2D eigenvalue weighted by Gasteiger charge is -2.06. The first-order chi connectivity index (χ1) is 11.0. The quantitative estimate of drug-likeness (QED) is 0.797. The Morgan fingerprint density at radius 3 is 2.57 bits per heavy atom. The van der Waals surface area contributed by atoms with E-state index in [2.05, 4.69) is 10.3 Å². The fourth-order valence-electron chi connectivity index (χ4n) is 2.02. The molecule has 0 spiro atoms. The molecule has 0 unspecified atom stereocenters. The number of aromatic nitrogens is 1. The van der Waals surface area contributed by atoms with Crippen LogP contribution in [0.2, 0.25) is 0 Å². The van der Waals surface area contributed by atoms with Crippen molar-refractivity contribution >= 4 is 28.8 Å². The van der Waals surface area contributed by atoms with Crippen LogP contribution in [0.5, 0.6) is 0 Å². The van der Waals surface area contributed by atoms with Crippen LogP contribution in [0.25, 0.3) is 5.57 Å². The number of aromatic carboxylic acids is 1. The van der Waals surface area contributed by atoms with Crippen LogP contribution < -0.4 is 5.32 Å². The number of hydrogen-bond donors (Lipinski definition) is 2. The number of rotatable bonds is 6. The molecule has 0 aliphatic heterocycles. The van der Waals surface area contributed by atoms with Crippen molar-refractivity contribution < 1.29 is 14.7 Å². The molecule has 0 bridgehead atoms. The lowest BCUT2D eigenvalue weighted by atomic mass is 10.0. The van der Waals surface area contributed by atoms with Gasteiger partial charge >= 0.3 is 5.97 Å². The molecule has 0 saturated heterocycles. The Bertz CT molecular complexity index is 733. The van der Waals surface area contributed by atoms with E-state index in [1.807, 2.05) is 38.1 Å². The molecule has 0 fully saturated rings. The molecule has 23 heavy (non-hydrogen) atoms. The zero-order chi connectivity index (χ0) is 16.8. The predicted molar refractivity (Wildman–Crippen MR) is 90.4 cm³/mol. The summed E-state index contributed by atoms with van der Waals surface area (Å²) in [7, 11) is 0. The molecule has 0 aliphatic rings. The number of amides is 1. The van der Waals surface area contributed by atoms with Gasteiger partial charge in [0.1, 0.15) is 5.01 Å². The lowest BCUT2D eigenvalue weighted by Crippen LogP contribution is -2.20. The molecular weight excluding hydrogens is 312 g/mol. The number of carbonyl (C=O) groups is 2. The Kier molecular flexibility index (Phi) is 5.65. The number of nitrogens with one attached hydrogen (secondary N) is 1. The van der Waals surface area contributed by atoms with Crippen molar-refractivity contribution in [3.63, 3.8) is 0 Å². The van der Waals surface area contributed by atoms with Crippen LogP contribution in [-0.2, 0) is 11.3 Å². The van der Waals surface area contributed by atoms with Crippen molar-refractivity contribution in [2.24, 2.45) is 0 Å². The highest BCUT2D eigenvalue weighted by Crippen LogP contribution is 2.18. The first-order valence-electron chi connectivity index (χ1n) is 7.22. The van der Waals surface area contributed by atoms with Gasteiger partial charge in [0, 0.05) is 11.5 Å². The summed E-state index contributed by atoms with van der Waals surface area (Å²) >= 11 is 1.22. The zero-order valence-electron chi connectivity index (χ0n) is 13.0. The van der Waals surface area contributed by atoms with E-state index in [0.29, 0.717) is 5.01 Å². The zero-order valence-corrected chi connectivity index (χ0v) is 13.8. The summed E-state index contributed by atoms with van der Waals surface area (Å²) in [4.78, 5) is 26.7. The minimum absolute atomic E-state index is 0.00342. The Labute approximate surface area is 138 Å². The monoisotopic (exact) mass is 330 g/mol. The molecule has 1 aromatic heterocycles. The minimum atomic E-state index is -1.06. The second-order valence-electron chi connectivity index (χ2n) is 5.04. The van der Waals surface area contributed by atoms with E-state index in [9.17, 15) is 9.59 Å². The third kappa shape index (κ3) is 4.75. The summed E-state index contributed by atoms with van der Waals surface area (Å²) < 4.78 is 0. The van der Waals surface area contributed by atoms with Crippen LogP contribution >= 0.6 is 11.3 Å². The molecule has 2 rings (SSSR count). The number of carboxylic acid groups (broad SMARTS) is 1. The number of thiazole rings is 1. The minimum Gasteiger partial charge on any atom is -0.476 e. The summed E-state index contributed by atoms with van der Waals surface area (Å²) in [6.45, 7) is 4.24. The number of benzene rings is 1. The maximum Gasteiger partial charge on any atom is 0.355 e. The number of carboxylic acids is 1. The highest BCUT2D eigenvalue weighted by molar-refractivity contribution is 7.09. The fraction of sp³-hybridized carbons (Fsp3) is 0.235. The van der Waals surface area contributed by atoms with E-state index < -0.39 is 5.97 Å². The van der Waals surface area contributed by atoms with Gasteiger partial charge in [0.05, 0.1) is 6.54 Å². The first kappa shape index (κ1) is 16.9. The van der Waals surface area contributed by atoms with Gasteiger partial charge in [0.2, 0.25) is 5.91 Å². The van der Waals surface area contributed by atoms with Crippen LogP contribution in [0.3, 0.4) is 0 Å². The molecule has 0 saturated carbocycles. The van der Waals surface area contributed by atoms with Gasteiger partial charge in [-0.3, -0.25) is 4.79 Å². The van der Waals surface area contributed by atoms with Crippen LogP contribution in [0.4, 0.5) is 0 Å². The Hall–Kier alpha value is -2.47. The number of aryl methyl sites for hydroxylation is 1. The highest BCUT2D eigenvalue weighted by Gasteiger charge is 2.09. The normalized spacial score (nSPS) is 11.3. The second kappa shape index (κ2) is 7.69. The van der Waals surface area contributed by atoms with Crippen molar-refractivity contribution in [2.45, 2.75) is 26.8 Å². The smallest absolute Gasteiger partial charge is 0.355 e. The van der Waals surface area contributed by atoms with Crippen molar-refractivity contribution in [3.05, 3.63) is 57.6 Å². The predicted octanol–water partition coefficient (Wildman–Crippen LogP) is 3.26. The van der Waals surface area contributed by atoms with Gasteiger partial charge in [-0.25, -0.2) is 9.78 Å². The summed E-state index contributed by atoms with van der Waals surface area (Å²) in [6, 6.07) is 8.02. The molecular formula is C17H18N2O3S. The van der Waals surface area contributed by atoms with Crippen LogP contribution in [-0.4, -0.2) is 22.0 Å². The Morgan fingerprint density at radius 1 is 1.30 bits per heavy atom. The topological polar surface area (TPSA) is 79.3 Å². The van der Waals surface area contributed by atoms with Crippen LogP contribution in [0.15, 0.2) is 35.7 Å². The average molecular weight is 330 g/mol. The Balaban J connectivity index is 2.00. The third-order valence-corrected chi connectivity index (χ3v) is 4.14. The summed E-state index contributed by atoms with van der Waals surface area (Å²) in [5.41, 5.74) is 3.15. The molecule has 6 heteroatoms. The van der Waals surface area contributed by atoms with Crippen molar-refractivity contribution in [3.8, 4) is 0 Å². The molecule has 0 radical (unpaired) electrons. The van der Waals surface area contributed by atoms with Gasteiger partial charge in [0.15, 0.2) is 5.69 Å². The molecule has 2 aromatic rings. The number of hydrogen-bond acceptors (Lipinski definition) is 4. The van der Waals surface area contributed by atoms with Gasteiger partial charge in [-0.1, -0.05) is 36.8 Å². The lowest BCUT2D eigenvalue weighted by molar-refractivity contribution is -0.116. The van der Waals surface area contributed by atoms with Crippen molar-refractivity contribution in [1.29, 1.82) is 0 Å². The molecule has 1 heterocycles. The summed E-state index contributed by atoms with van der Waals surface area (Å²) in [5.74, 6) is -1.28. The van der Waals surface area contributed by atoms with Gasteiger partial charge in [0.25, 0.3) is 0 Å². The first-order valence-corrected chi connectivity index (χ1v) is 8.10. The van der Waals surface area contributed by atoms with Crippen LogP contribution in [0.1, 0.15) is 40.0 Å². The van der Waals surface area contributed by atoms with Crippen molar-refractivity contribution in [2.75, 3.05) is 0 Å². The van der Waals surface area contributed by atoms with E-state index in [-0.39, 0.29) is 18.1 Å². The third-order valence-electron chi connectivity index (χ3n) is 3.29. The number of carbonyl (C=O) groups excluding carboxylic acids is 1.